The minimum Gasteiger partial charge on any atom is -0.476 e. The first-order chi connectivity index (χ1) is 13.1. The molecule has 27 heavy (non-hydrogen) atoms. The van der Waals surface area contributed by atoms with E-state index < -0.39 is 5.97 Å². The SMILES string of the molecule is O=C(O)c1nc2c(Cl)cccc2c(-c2ccccc2Cl)c1N1CCCCC1. The summed E-state index contributed by atoms with van der Waals surface area (Å²) in [6, 6.07) is 13.0. The number of anilines is 1. The maximum Gasteiger partial charge on any atom is 0.356 e. The van der Waals surface area contributed by atoms with E-state index >= 15 is 0 Å². The smallest absolute Gasteiger partial charge is 0.356 e. The molecule has 0 spiro atoms. The lowest BCUT2D eigenvalue weighted by Gasteiger charge is -2.32. The Morgan fingerprint density at radius 3 is 2.37 bits per heavy atom. The lowest BCUT2D eigenvalue weighted by molar-refractivity contribution is 0.0691. The standard InChI is InChI=1S/C21H18Cl2N2O2/c22-15-9-3-2-7-13(15)17-14-8-6-10-16(23)18(14)24-19(21(26)27)20(17)25-11-4-1-5-12-25/h2-3,6-10H,1,4-5,11-12H2,(H,26,27). The van der Waals surface area contributed by atoms with E-state index in [1.165, 1.54) is 0 Å². The van der Waals surface area contributed by atoms with Gasteiger partial charge in [-0.05, 0) is 31.4 Å². The molecular formula is C21H18Cl2N2O2. The van der Waals surface area contributed by atoms with Gasteiger partial charge in [0.1, 0.15) is 0 Å². The van der Waals surface area contributed by atoms with E-state index in [1.54, 1.807) is 6.07 Å². The van der Waals surface area contributed by atoms with Gasteiger partial charge in [0.25, 0.3) is 0 Å². The summed E-state index contributed by atoms with van der Waals surface area (Å²) in [6.07, 6.45) is 3.19. The molecule has 3 aromatic rings. The summed E-state index contributed by atoms with van der Waals surface area (Å²) in [5, 5.41) is 11.7. The zero-order valence-electron chi connectivity index (χ0n) is 14.6. The Balaban J connectivity index is 2.14. The first kappa shape index (κ1) is 18.1. The summed E-state index contributed by atoms with van der Waals surface area (Å²) in [5.74, 6) is -1.06. The molecule has 4 rings (SSSR count). The average molecular weight is 401 g/mol. The summed E-state index contributed by atoms with van der Waals surface area (Å²) >= 11 is 12.9. The topological polar surface area (TPSA) is 53.4 Å². The van der Waals surface area contributed by atoms with Crippen molar-refractivity contribution in [1.29, 1.82) is 0 Å². The molecule has 1 aromatic heterocycles. The minimum absolute atomic E-state index is 0.0208. The van der Waals surface area contributed by atoms with Crippen LogP contribution >= 0.6 is 23.2 Å². The maximum absolute atomic E-state index is 12.1. The highest BCUT2D eigenvalue weighted by Crippen LogP contribution is 2.43. The van der Waals surface area contributed by atoms with Gasteiger partial charge in [-0.2, -0.15) is 0 Å². The molecule has 0 radical (unpaired) electrons. The highest BCUT2D eigenvalue weighted by Gasteiger charge is 2.27. The average Bonchev–Trinajstić information content (AvgIpc) is 2.68. The molecule has 1 saturated heterocycles. The lowest BCUT2D eigenvalue weighted by atomic mass is 9.95. The molecule has 6 heteroatoms. The lowest BCUT2D eigenvalue weighted by Crippen LogP contribution is -2.32. The van der Waals surface area contributed by atoms with Crippen LogP contribution in [0.2, 0.25) is 10.0 Å². The third-order valence-electron chi connectivity index (χ3n) is 4.96. The number of rotatable bonds is 3. The van der Waals surface area contributed by atoms with Crippen molar-refractivity contribution in [3.05, 3.63) is 58.2 Å². The highest BCUT2D eigenvalue weighted by atomic mass is 35.5. The molecule has 2 aromatic carbocycles. The Labute approximate surface area is 167 Å². The number of aromatic carboxylic acids is 1. The minimum atomic E-state index is -1.06. The van der Waals surface area contributed by atoms with Crippen molar-refractivity contribution in [2.24, 2.45) is 0 Å². The molecule has 0 atom stereocenters. The highest BCUT2D eigenvalue weighted by molar-refractivity contribution is 6.37. The molecule has 0 saturated carbocycles. The summed E-state index contributed by atoms with van der Waals surface area (Å²) in [7, 11) is 0. The Morgan fingerprint density at radius 2 is 1.67 bits per heavy atom. The predicted molar refractivity (Wildman–Crippen MR) is 110 cm³/mol. The van der Waals surface area contributed by atoms with E-state index in [9.17, 15) is 9.90 Å². The number of fused-ring (bicyclic) bond motifs is 1. The van der Waals surface area contributed by atoms with E-state index in [4.69, 9.17) is 23.2 Å². The quantitative estimate of drug-likeness (QED) is 0.594. The van der Waals surface area contributed by atoms with Crippen molar-refractivity contribution in [2.75, 3.05) is 18.0 Å². The van der Waals surface area contributed by atoms with Crippen LogP contribution in [-0.4, -0.2) is 29.1 Å². The molecule has 1 N–H and O–H groups in total. The van der Waals surface area contributed by atoms with Gasteiger partial charge in [0.15, 0.2) is 5.69 Å². The molecular weight excluding hydrogens is 383 g/mol. The Hall–Kier alpha value is -2.30. The largest absolute Gasteiger partial charge is 0.476 e. The first-order valence-corrected chi connectivity index (χ1v) is 9.69. The fraction of sp³-hybridized carbons (Fsp3) is 0.238. The molecule has 1 fully saturated rings. The second kappa shape index (κ2) is 7.37. The Bertz CT molecular complexity index is 1030. The van der Waals surface area contributed by atoms with Gasteiger partial charge in [-0.3, -0.25) is 0 Å². The number of piperidine rings is 1. The van der Waals surface area contributed by atoms with Crippen LogP contribution in [0.4, 0.5) is 5.69 Å². The van der Waals surface area contributed by atoms with Crippen molar-refractivity contribution < 1.29 is 9.90 Å². The van der Waals surface area contributed by atoms with Crippen LogP contribution in [0.15, 0.2) is 42.5 Å². The van der Waals surface area contributed by atoms with Crippen LogP contribution in [0, 0.1) is 0 Å². The number of pyridine rings is 1. The van der Waals surface area contributed by atoms with Gasteiger partial charge in [-0.25, -0.2) is 9.78 Å². The van der Waals surface area contributed by atoms with E-state index in [2.05, 4.69) is 9.88 Å². The van der Waals surface area contributed by atoms with Gasteiger partial charge in [0, 0.05) is 34.6 Å². The fourth-order valence-corrected chi connectivity index (χ4v) is 4.20. The van der Waals surface area contributed by atoms with Gasteiger partial charge in [-0.15, -0.1) is 0 Å². The van der Waals surface area contributed by atoms with Crippen molar-refractivity contribution in [2.45, 2.75) is 19.3 Å². The molecule has 1 aliphatic heterocycles. The van der Waals surface area contributed by atoms with E-state index in [0.717, 1.165) is 48.9 Å². The zero-order chi connectivity index (χ0) is 19.0. The summed E-state index contributed by atoms with van der Waals surface area (Å²) < 4.78 is 0. The van der Waals surface area contributed by atoms with Gasteiger partial charge >= 0.3 is 5.97 Å². The van der Waals surface area contributed by atoms with Crippen LogP contribution in [0.25, 0.3) is 22.0 Å². The molecule has 0 amide bonds. The third-order valence-corrected chi connectivity index (χ3v) is 5.59. The summed E-state index contributed by atoms with van der Waals surface area (Å²) in [5.41, 5.74) is 2.70. The van der Waals surface area contributed by atoms with Gasteiger partial charge in [0.2, 0.25) is 0 Å². The van der Waals surface area contributed by atoms with Gasteiger partial charge in [-0.1, -0.05) is 53.5 Å². The van der Waals surface area contributed by atoms with E-state index in [0.29, 0.717) is 21.2 Å². The van der Waals surface area contributed by atoms with Crippen molar-refractivity contribution in [3.8, 4) is 11.1 Å². The fourth-order valence-electron chi connectivity index (χ4n) is 3.75. The van der Waals surface area contributed by atoms with Crippen molar-refractivity contribution in [3.63, 3.8) is 0 Å². The second-order valence-corrected chi connectivity index (χ2v) is 7.47. The van der Waals surface area contributed by atoms with E-state index in [1.807, 2.05) is 36.4 Å². The van der Waals surface area contributed by atoms with Crippen LogP contribution in [0.3, 0.4) is 0 Å². The number of carboxylic acids is 1. The van der Waals surface area contributed by atoms with Crippen LogP contribution in [-0.2, 0) is 0 Å². The normalized spacial score (nSPS) is 14.5. The monoisotopic (exact) mass is 400 g/mol. The molecule has 0 bridgehead atoms. The van der Waals surface area contributed by atoms with Crippen molar-refractivity contribution >= 4 is 45.8 Å². The Morgan fingerprint density at radius 1 is 0.963 bits per heavy atom. The number of carboxylic acid groups (broad SMARTS) is 1. The first-order valence-electron chi connectivity index (χ1n) is 8.93. The number of halogens is 2. The number of hydrogen-bond donors (Lipinski definition) is 1. The Kier molecular flexibility index (Phi) is 4.94. The molecule has 1 aliphatic rings. The predicted octanol–water partition coefficient (Wildman–Crippen LogP) is 5.90. The zero-order valence-corrected chi connectivity index (χ0v) is 16.1. The van der Waals surface area contributed by atoms with Gasteiger partial charge < -0.3 is 10.0 Å². The van der Waals surface area contributed by atoms with Crippen LogP contribution in [0.1, 0.15) is 29.8 Å². The van der Waals surface area contributed by atoms with Crippen molar-refractivity contribution in [1.82, 2.24) is 4.98 Å². The molecule has 0 aliphatic carbocycles. The number of para-hydroxylation sites is 1. The third kappa shape index (κ3) is 3.24. The van der Waals surface area contributed by atoms with Crippen LogP contribution in [0.5, 0.6) is 0 Å². The second-order valence-electron chi connectivity index (χ2n) is 6.65. The molecule has 4 nitrogen and oxygen atoms in total. The van der Waals surface area contributed by atoms with Crippen LogP contribution < -0.4 is 4.90 Å². The number of benzene rings is 2. The number of nitrogens with zero attached hydrogens (tertiary/aromatic N) is 2. The number of aromatic nitrogens is 1. The maximum atomic E-state index is 12.1. The summed E-state index contributed by atoms with van der Waals surface area (Å²) in [4.78, 5) is 18.7. The summed E-state index contributed by atoms with van der Waals surface area (Å²) in [6.45, 7) is 1.59. The molecule has 138 valence electrons. The number of carbonyl (C=O) groups is 1. The number of hydrogen-bond acceptors (Lipinski definition) is 3. The molecule has 2 heterocycles. The van der Waals surface area contributed by atoms with E-state index in [-0.39, 0.29) is 5.69 Å². The molecule has 0 unspecified atom stereocenters. The van der Waals surface area contributed by atoms with Gasteiger partial charge in [0.05, 0.1) is 16.2 Å².